The zero-order valence-corrected chi connectivity index (χ0v) is 22.4. The van der Waals surface area contributed by atoms with Crippen LogP contribution in [-0.4, -0.2) is 24.3 Å². The van der Waals surface area contributed by atoms with Gasteiger partial charge >= 0.3 is 6.09 Å². The number of rotatable bonds is 11. The van der Waals surface area contributed by atoms with Gasteiger partial charge in [0, 0.05) is 29.5 Å². The van der Waals surface area contributed by atoms with Gasteiger partial charge in [-0.15, -0.1) is 0 Å². The van der Waals surface area contributed by atoms with E-state index in [0.717, 1.165) is 12.0 Å². The molecule has 6 heteroatoms. The first-order chi connectivity index (χ1) is 17.2. The fourth-order valence-corrected chi connectivity index (χ4v) is 5.19. The molecule has 0 atom stereocenters. The molecule has 0 bridgehead atoms. The molecule has 5 nitrogen and oxygen atoms in total. The van der Waals surface area contributed by atoms with Gasteiger partial charge in [-0.05, 0) is 73.8 Å². The van der Waals surface area contributed by atoms with Gasteiger partial charge in [-0.25, -0.2) is 4.79 Å². The van der Waals surface area contributed by atoms with E-state index in [1.807, 2.05) is 62.4 Å². The van der Waals surface area contributed by atoms with Gasteiger partial charge in [0.2, 0.25) is 0 Å². The minimum Gasteiger partial charge on any atom is -0.448 e. The SMILES string of the molecule is CCc1ccc(NC(=O)OCC2(C(=O)CCc3ccccc3Cl)CCC(C(=O)CC(C)C)CC2)cc1. The molecule has 2 aromatic rings. The summed E-state index contributed by atoms with van der Waals surface area (Å²) in [4.78, 5) is 38.8. The molecule has 0 unspecified atom stereocenters. The second kappa shape index (κ2) is 13.0. The van der Waals surface area contributed by atoms with Crippen LogP contribution < -0.4 is 5.32 Å². The van der Waals surface area contributed by atoms with Crippen molar-refractivity contribution in [1.29, 1.82) is 0 Å². The molecular weight excluding hydrogens is 474 g/mol. The molecule has 0 aromatic heterocycles. The summed E-state index contributed by atoms with van der Waals surface area (Å²) < 4.78 is 5.62. The van der Waals surface area contributed by atoms with Gasteiger partial charge in [-0.1, -0.05) is 62.7 Å². The number of ether oxygens (including phenoxy) is 1. The predicted octanol–water partition coefficient (Wildman–Crippen LogP) is 7.44. The zero-order valence-electron chi connectivity index (χ0n) is 21.6. The van der Waals surface area contributed by atoms with E-state index in [9.17, 15) is 14.4 Å². The van der Waals surface area contributed by atoms with Crippen LogP contribution in [0.4, 0.5) is 10.5 Å². The van der Waals surface area contributed by atoms with Crippen LogP contribution in [0.25, 0.3) is 0 Å². The second-order valence-electron chi connectivity index (χ2n) is 10.4. The molecule has 1 amide bonds. The van der Waals surface area contributed by atoms with Crippen molar-refractivity contribution in [1.82, 2.24) is 0 Å². The summed E-state index contributed by atoms with van der Waals surface area (Å²) >= 11 is 6.30. The zero-order chi connectivity index (χ0) is 26.1. The molecule has 3 rings (SSSR count). The fraction of sp³-hybridized carbons (Fsp3) is 0.500. The van der Waals surface area contributed by atoms with Gasteiger partial charge in [0.1, 0.15) is 18.2 Å². The highest BCUT2D eigenvalue weighted by Gasteiger charge is 2.43. The summed E-state index contributed by atoms with van der Waals surface area (Å²) in [7, 11) is 0. The first-order valence-electron chi connectivity index (χ1n) is 13.0. The molecule has 1 aliphatic carbocycles. The van der Waals surface area contributed by atoms with Gasteiger partial charge in [0.15, 0.2) is 0 Å². The van der Waals surface area contributed by atoms with Crippen LogP contribution in [0.3, 0.4) is 0 Å². The van der Waals surface area contributed by atoms with Crippen molar-refractivity contribution < 1.29 is 19.1 Å². The lowest BCUT2D eigenvalue weighted by atomic mass is 9.66. The lowest BCUT2D eigenvalue weighted by molar-refractivity contribution is -0.137. The number of carbonyl (C=O) groups excluding carboxylic acids is 3. The van der Waals surface area contributed by atoms with E-state index in [1.54, 1.807) is 0 Å². The molecule has 36 heavy (non-hydrogen) atoms. The molecule has 0 radical (unpaired) electrons. The summed E-state index contributed by atoms with van der Waals surface area (Å²) in [5, 5.41) is 3.40. The summed E-state index contributed by atoms with van der Waals surface area (Å²) in [5.74, 6) is 0.635. The molecule has 1 saturated carbocycles. The smallest absolute Gasteiger partial charge is 0.411 e. The van der Waals surface area contributed by atoms with E-state index < -0.39 is 11.5 Å². The minimum atomic E-state index is -0.778. The second-order valence-corrected chi connectivity index (χ2v) is 10.8. The van der Waals surface area contributed by atoms with Crippen LogP contribution in [0.15, 0.2) is 48.5 Å². The van der Waals surface area contributed by atoms with E-state index in [1.165, 1.54) is 5.56 Å². The van der Waals surface area contributed by atoms with E-state index >= 15 is 0 Å². The number of benzene rings is 2. The molecule has 1 N–H and O–H groups in total. The number of halogens is 1. The van der Waals surface area contributed by atoms with Crippen LogP contribution in [0.2, 0.25) is 5.02 Å². The molecule has 1 aliphatic rings. The quantitative estimate of drug-likeness (QED) is 0.340. The van der Waals surface area contributed by atoms with E-state index in [4.69, 9.17) is 16.3 Å². The van der Waals surface area contributed by atoms with Crippen molar-refractivity contribution >= 4 is 34.9 Å². The normalized spacial score (nSPS) is 19.6. The Morgan fingerprint density at radius 2 is 1.72 bits per heavy atom. The van der Waals surface area contributed by atoms with Crippen LogP contribution in [0.5, 0.6) is 0 Å². The summed E-state index contributed by atoms with van der Waals surface area (Å²) in [6.07, 6.45) is 4.14. The first kappa shape index (κ1) is 27.9. The number of Topliss-reactive ketones (excluding diaryl/α,β-unsaturated/α-hetero) is 2. The van der Waals surface area contributed by atoms with Gasteiger partial charge in [0.25, 0.3) is 0 Å². The monoisotopic (exact) mass is 511 g/mol. The highest BCUT2D eigenvalue weighted by molar-refractivity contribution is 6.31. The van der Waals surface area contributed by atoms with Crippen LogP contribution in [0, 0.1) is 17.3 Å². The van der Waals surface area contributed by atoms with Gasteiger partial charge in [-0.2, -0.15) is 0 Å². The predicted molar refractivity (Wildman–Crippen MR) is 144 cm³/mol. The van der Waals surface area contributed by atoms with Crippen LogP contribution >= 0.6 is 11.6 Å². The lowest BCUT2D eigenvalue weighted by Crippen LogP contribution is -2.42. The van der Waals surface area contributed by atoms with E-state index in [0.29, 0.717) is 61.6 Å². The third-order valence-corrected chi connectivity index (χ3v) is 7.64. The van der Waals surface area contributed by atoms with Crippen molar-refractivity contribution in [2.75, 3.05) is 11.9 Å². The van der Waals surface area contributed by atoms with Gasteiger partial charge in [-0.3, -0.25) is 14.9 Å². The average Bonchev–Trinajstić information content (AvgIpc) is 2.87. The summed E-state index contributed by atoms with van der Waals surface area (Å²) in [6.45, 7) is 6.18. The standard InChI is InChI=1S/C30H38ClNO4/c1-4-22-9-12-25(13-10-22)32-29(35)36-20-30(17-15-24(16-18-30)27(33)19-21(2)3)28(34)14-11-23-7-5-6-8-26(23)31/h5-10,12-13,21,24H,4,11,14-20H2,1-3H3,(H,32,35). The highest BCUT2D eigenvalue weighted by Crippen LogP contribution is 2.42. The van der Waals surface area contributed by atoms with Crippen molar-refractivity contribution in [3.05, 3.63) is 64.7 Å². The third kappa shape index (κ3) is 7.67. The highest BCUT2D eigenvalue weighted by atomic mass is 35.5. The van der Waals surface area contributed by atoms with Crippen molar-refractivity contribution in [2.45, 2.75) is 72.1 Å². The Kier molecular flexibility index (Phi) is 10.1. The summed E-state index contributed by atoms with van der Waals surface area (Å²) in [6, 6.07) is 15.1. The van der Waals surface area contributed by atoms with Crippen LogP contribution in [0.1, 0.15) is 70.4 Å². The number of anilines is 1. The fourth-order valence-electron chi connectivity index (χ4n) is 4.96. The Balaban J connectivity index is 1.66. The number of ketones is 2. The van der Waals surface area contributed by atoms with Crippen LogP contribution in [-0.2, 0) is 27.2 Å². The minimum absolute atomic E-state index is 0.0122. The third-order valence-electron chi connectivity index (χ3n) is 7.27. The topological polar surface area (TPSA) is 72.5 Å². The van der Waals surface area contributed by atoms with Gasteiger partial charge in [0.05, 0.1) is 5.41 Å². The van der Waals surface area contributed by atoms with E-state index in [2.05, 4.69) is 12.2 Å². The van der Waals surface area contributed by atoms with Crippen molar-refractivity contribution in [2.24, 2.45) is 17.3 Å². The molecule has 0 aliphatic heterocycles. The van der Waals surface area contributed by atoms with E-state index in [-0.39, 0.29) is 24.1 Å². The van der Waals surface area contributed by atoms with Crippen molar-refractivity contribution in [3.8, 4) is 0 Å². The Hall–Kier alpha value is -2.66. The Labute approximate surface area is 220 Å². The molecule has 0 saturated heterocycles. The molecular formula is C30H38ClNO4. The van der Waals surface area contributed by atoms with Gasteiger partial charge < -0.3 is 4.74 Å². The average molecular weight is 512 g/mol. The maximum atomic E-state index is 13.6. The Bertz CT molecular complexity index is 1040. The van der Waals surface area contributed by atoms with Crippen molar-refractivity contribution in [3.63, 3.8) is 0 Å². The largest absolute Gasteiger partial charge is 0.448 e. The molecule has 0 heterocycles. The maximum Gasteiger partial charge on any atom is 0.411 e. The summed E-state index contributed by atoms with van der Waals surface area (Å²) in [5.41, 5.74) is 1.98. The lowest BCUT2D eigenvalue weighted by Gasteiger charge is -2.38. The molecule has 194 valence electrons. The maximum absolute atomic E-state index is 13.6. The first-order valence-corrected chi connectivity index (χ1v) is 13.4. The Morgan fingerprint density at radius 1 is 1.06 bits per heavy atom. The Morgan fingerprint density at radius 3 is 2.33 bits per heavy atom. The molecule has 0 spiro atoms. The molecule has 1 fully saturated rings. The number of aryl methyl sites for hydroxylation is 2. The number of hydrogen-bond donors (Lipinski definition) is 1. The number of nitrogens with one attached hydrogen (secondary N) is 1. The molecule has 2 aromatic carbocycles. The number of amides is 1. The number of hydrogen-bond acceptors (Lipinski definition) is 4. The number of carbonyl (C=O) groups is 3.